The van der Waals surface area contributed by atoms with Crippen LogP contribution >= 0.6 is 0 Å². The first-order valence-corrected chi connectivity index (χ1v) is 4.70. The van der Waals surface area contributed by atoms with E-state index < -0.39 is 5.82 Å². The van der Waals surface area contributed by atoms with Crippen LogP contribution < -0.4 is 11.1 Å². The number of halogens is 1. The van der Waals surface area contributed by atoms with E-state index in [2.05, 4.69) is 5.32 Å². The number of nitrogen functional groups attached to an aromatic ring is 1. The van der Waals surface area contributed by atoms with Crippen molar-refractivity contribution in [1.29, 1.82) is 0 Å². The van der Waals surface area contributed by atoms with Crippen molar-refractivity contribution in [3.63, 3.8) is 0 Å². The average Bonchev–Trinajstić information content (AvgIpc) is 2.67. The smallest absolute Gasteiger partial charge is 0.149 e. The first-order valence-electron chi connectivity index (χ1n) is 4.70. The van der Waals surface area contributed by atoms with Crippen LogP contribution in [-0.2, 0) is 0 Å². The zero-order valence-corrected chi connectivity index (χ0v) is 7.76. The van der Waals surface area contributed by atoms with Crippen molar-refractivity contribution < 1.29 is 9.50 Å². The maximum atomic E-state index is 12.9. The van der Waals surface area contributed by atoms with Crippen LogP contribution in [0.5, 0.6) is 5.75 Å². The van der Waals surface area contributed by atoms with E-state index in [1.807, 2.05) is 0 Å². The van der Waals surface area contributed by atoms with Crippen molar-refractivity contribution in [2.45, 2.75) is 18.9 Å². The second-order valence-corrected chi connectivity index (χ2v) is 3.55. The molecule has 1 aliphatic heterocycles. The minimum Gasteiger partial charge on any atom is -0.505 e. The molecule has 0 saturated carbocycles. The van der Waals surface area contributed by atoms with Gasteiger partial charge >= 0.3 is 0 Å². The number of anilines is 1. The summed E-state index contributed by atoms with van der Waals surface area (Å²) in [7, 11) is 0. The van der Waals surface area contributed by atoms with E-state index in [1.165, 1.54) is 6.07 Å². The van der Waals surface area contributed by atoms with Gasteiger partial charge in [-0.05, 0) is 25.5 Å². The summed E-state index contributed by atoms with van der Waals surface area (Å²) in [5, 5.41) is 12.9. The van der Waals surface area contributed by atoms with Gasteiger partial charge in [0.25, 0.3) is 0 Å². The molecule has 0 unspecified atom stereocenters. The summed E-state index contributed by atoms with van der Waals surface area (Å²) in [6, 6.07) is 2.99. The molecular weight excluding hydrogens is 183 g/mol. The fraction of sp³-hybridized carbons (Fsp3) is 0.400. The number of nitrogens with one attached hydrogen (secondary N) is 1. The molecule has 1 aliphatic rings. The topological polar surface area (TPSA) is 58.3 Å². The van der Waals surface area contributed by atoms with E-state index in [9.17, 15) is 9.50 Å². The Morgan fingerprint density at radius 1 is 1.50 bits per heavy atom. The fourth-order valence-electron chi connectivity index (χ4n) is 1.83. The largest absolute Gasteiger partial charge is 0.505 e. The third-order valence-electron chi connectivity index (χ3n) is 2.63. The standard InChI is InChI=1S/C10H13FN2O/c11-7-4-3-6(10(14)9(7)12)8-2-1-5-13-8/h3-4,8,13-14H,1-2,5,12H2/t8-/m0/s1. The Morgan fingerprint density at radius 3 is 2.93 bits per heavy atom. The molecule has 1 saturated heterocycles. The van der Waals surface area contributed by atoms with Crippen LogP contribution in [0.4, 0.5) is 10.1 Å². The lowest BCUT2D eigenvalue weighted by atomic mass is 10.0. The van der Waals surface area contributed by atoms with Gasteiger partial charge in [0, 0.05) is 11.6 Å². The van der Waals surface area contributed by atoms with Crippen molar-refractivity contribution in [3.8, 4) is 5.75 Å². The van der Waals surface area contributed by atoms with Gasteiger partial charge in [-0.25, -0.2) is 4.39 Å². The van der Waals surface area contributed by atoms with E-state index in [0.717, 1.165) is 19.4 Å². The Hall–Kier alpha value is -1.29. The molecule has 1 aromatic rings. The second-order valence-electron chi connectivity index (χ2n) is 3.55. The summed E-state index contributed by atoms with van der Waals surface area (Å²) < 4.78 is 12.9. The highest BCUT2D eigenvalue weighted by Gasteiger charge is 2.21. The minimum absolute atomic E-state index is 0.109. The number of phenols is 1. The Balaban J connectivity index is 2.38. The number of nitrogens with two attached hydrogens (primary N) is 1. The van der Waals surface area contributed by atoms with Crippen LogP contribution in [0.1, 0.15) is 24.4 Å². The van der Waals surface area contributed by atoms with Crippen LogP contribution in [-0.4, -0.2) is 11.7 Å². The monoisotopic (exact) mass is 196 g/mol. The van der Waals surface area contributed by atoms with Crippen LogP contribution in [0.15, 0.2) is 12.1 Å². The molecule has 76 valence electrons. The van der Waals surface area contributed by atoms with E-state index in [-0.39, 0.29) is 17.5 Å². The third-order valence-corrected chi connectivity index (χ3v) is 2.63. The molecule has 1 atom stereocenters. The van der Waals surface area contributed by atoms with E-state index in [1.54, 1.807) is 6.07 Å². The molecule has 0 bridgehead atoms. The summed E-state index contributed by atoms with van der Waals surface area (Å²) in [6.07, 6.45) is 2.03. The molecule has 2 rings (SSSR count). The molecule has 1 aromatic carbocycles. The second kappa shape index (κ2) is 3.46. The molecule has 14 heavy (non-hydrogen) atoms. The van der Waals surface area contributed by atoms with Crippen LogP contribution in [0, 0.1) is 5.82 Å². The molecule has 4 heteroatoms. The fourth-order valence-corrected chi connectivity index (χ4v) is 1.83. The quantitative estimate of drug-likeness (QED) is 0.471. The Kier molecular flexibility index (Phi) is 2.29. The van der Waals surface area contributed by atoms with Gasteiger partial charge < -0.3 is 16.2 Å². The van der Waals surface area contributed by atoms with Crippen molar-refractivity contribution in [1.82, 2.24) is 5.32 Å². The molecule has 1 fully saturated rings. The molecule has 4 N–H and O–H groups in total. The van der Waals surface area contributed by atoms with Crippen molar-refractivity contribution in [2.75, 3.05) is 12.3 Å². The lowest BCUT2D eigenvalue weighted by Gasteiger charge is -2.13. The van der Waals surface area contributed by atoms with Gasteiger partial charge in [-0.2, -0.15) is 0 Å². The van der Waals surface area contributed by atoms with Gasteiger partial charge in [-0.3, -0.25) is 0 Å². The third kappa shape index (κ3) is 1.42. The van der Waals surface area contributed by atoms with E-state index in [0.29, 0.717) is 5.56 Å². The van der Waals surface area contributed by atoms with Crippen LogP contribution in [0.3, 0.4) is 0 Å². The van der Waals surface area contributed by atoms with Crippen molar-refractivity contribution >= 4 is 5.69 Å². The zero-order valence-electron chi connectivity index (χ0n) is 7.76. The summed E-state index contributed by atoms with van der Waals surface area (Å²) in [5.74, 6) is -0.686. The predicted molar refractivity (Wildman–Crippen MR) is 52.5 cm³/mol. The lowest BCUT2D eigenvalue weighted by Crippen LogP contribution is -2.13. The molecular formula is C10H13FN2O. The van der Waals surface area contributed by atoms with Gasteiger partial charge in [0.2, 0.25) is 0 Å². The highest BCUT2D eigenvalue weighted by Crippen LogP contribution is 2.35. The highest BCUT2D eigenvalue weighted by atomic mass is 19.1. The van der Waals surface area contributed by atoms with Crippen molar-refractivity contribution in [2.24, 2.45) is 0 Å². The summed E-state index contributed by atoms with van der Waals surface area (Å²) in [5.41, 5.74) is 5.94. The number of hydrogen-bond donors (Lipinski definition) is 3. The van der Waals surface area contributed by atoms with Crippen LogP contribution in [0.25, 0.3) is 0 Å². The maximum Gasteiger partial charge on any atom is 0.149 e. The minimum atomic E-state index is -0.566. The van der Waals surface area contributed by atoms with Gasteiger partial charge in [-0.15, -0.1) is 0 Å². The molecule has 0 aliphatic carbocycles. The molecule has 3 nitrogen and oxygen atoms in total. The molecule has 0 aromatic heterocycles. The lowest BCUT2D eigenvalue weighted by molar-refractivity contribution is 0.454. The number of benzene rings is 1. The van der Waals surface area contributed by atoms with Gasteiger partial charge in [0.1, 0.15) is 17.3 Å². The maximum absolute atomic E-state index is 12.9. The molecule has 0 radical (unpaired) electrons. The predicted octanol–water partition coefficient (Wildman–Crippen LogP) is 1.54. The Morgan fingerprint density at radius 2 is 2.29 bits per heavy atom. The summed E-state index contributed by atoms with van der Waals surface area (Å²) in [6.45, 7) is 0.932. The van der Waals surface area contributed by atoms with Gasteiger partial charge in [0.15, 0.2) is 0 Å². The number of phenolic OH excluding ortho intramolecular Hbond substituents is 1. The number of aromatic hydroxyl groups is 1. The summed E-state index contributed by atoms with van der Waals surface area (Å²) in [4.78, 5) is 0. The van der Waals surface area contributed by atoms with Gasteiger partial charge in [-0.1, -0.05) is 6.07 Å². The normalized spacial score (nSPS) is 21.4. The van der Waals surface area contributed by atoms with Gasteiger partial charge in [0.05, 0.1) is 0 Å². The average molecular weight is 196 g/mol. The molecule has 1 heterocycles. The zero-order chi connectivity index (χ0) is 10.1. The first kappa shape index (κ1) is 9.27. The Labute approximate surface area is 81.7 Å². The number of hydrogen-bond acceptors (Lipinski definition) is 3. The SMILES string of the molecule is Nc1c(F)ccc([C@@H]2CCCN2)c1O. The highest BCUT2D eigenvalue weighted by molar-refractivity contribution is 5.57. The van der Waals surface area contributed by atoms with Crippen LogP contribution in [0.2, 0.25) is 0 Å². The number of rotatable bonds is 1. The Bertz CT molecular complexity index is 348. The van der Waals surface area contributed by atoms with E-state index >= 15 is 0 Å². The van der Waals surface area contributed by atoms with Crippen molar-refractivity contribution in [3.05, 3.63) is 23.5 Å². The molecule has 0 spiro atoms. The van der Waals surface area contributed by atoms with E-state index in [4.69, 9.17) is 5.73 Å². The summed E-state index contributed by atoms with van der Waals surface area (Å²) >= 11 is 0. The molecule has 0 amide bonds. The first-order chi connectivity index (χ1) is 6.70.